The Morgan fingerprint density at radius 1 is 1.19 bits per heavy atom. The first-order valence-corrected chi connectivity index (χ1v) is 11.8. The molecule has 3 aromatic heterocycles. The third-order valence-electron chi connectivity index (χ3n) is 6.14. The second kappa shape index (κ2) is 9.76. The topological polar surface area (TPSA) is 135 Å². The van der Waals surface area contributed by atoms with Gasteiger partial charge in [-0.3, -0.25) is 19.4 Å². The number of carbonyl (C=O) groups excluding carboxylic acids is 2. The fourth-order valence-electron chi connectivity index (χ4n) is 4.17. The standard InChI is InChI=1S/C26H26N6O5/c1-15(2)19-13-23(33)29-26(27-19)32-22(12-20(30-32)21-8-5-9-37-21)28-25(35)16-10-24(34)31(14-16)17-6-4-7-18(11-17)36-3/h4-9,11-13,15-16H,10,14H2,1-3H3,(H,28,35)(H,27,29,33). The Morgan fingerprint density at radius 2 is 2.03 bits per heavy atom. The first-order valence-electron chi connectivity index (χ1n) is 11.8. The number of rotatable bonds is 7. The Labute approximate surface area is 212 Å². The number of carbonyl (C=O) groups is 2. The Kier molecular flexibility index (Phi) is 6.34. The summed E-state index contributed by atoms with van der Waals surface area (Å²) in [6.07, 6.45) is 1.57. The second-order valence-electron chi connectivity index (χ2n) is 9.05. The fraction of sp³-hybridized carbons (Fsp3) is 0.269. The van der Waals surface area contributed by atoms with Crippen molar-refractivity contribution in [1.82, 2.24) is 19.7 Å². The molecule has 1 saturated heterocycles. The lowest BCUT2D eigenvalue weighted by molar-refractivity contribution is -0.122. The van der Waals surface area contributed by atoms with Crippen LogP contribution < -0.4 is 20.5 Å². The van der Waals surface area contributed by atoms with Gasteiger partial charge in [0.15, 0.2) is 5.76 Å². The van der Waals surface area contributed by atoms with Crippen LogP contribution in [0.15, 0.2) is 64.0 Å². The summed E-state index contributed by atoms with van der Waals surface area (Å²) in [5.41, 5.74) is 1.35. The highest BCUT2D eigenvalue weighted by Gasteiger charge is 2.36. The van der Waals surface area contributed by atoms with Crippen LogP contribution in [0.2, 0.25) is 0 Å². The summed E-state index contributed by atoms with van der Waals surface area (Å²) in [7, 11) is 1.56. The number of anilines is 2. The molecule has 11 nitrogen and oxygen atoms in total. The lowest BCUT2D eigenvalue weighted by Crippen LogP contribution is -2.29. The van der Waals surface area contributed by atoms with Crippen molar-refractivity contribution < 1.29 is 18.7 Å². The molecule has 0 aliphatic carbocycles. The predicted molar refractivity (Wildman–Crippen MR) is 136 cm³/mol. The number of ether oxygens (including phenoxy) is 1. The van der Waals surface area contributed by atoms with Crippen molar-refractivity contribution in [2.24, 2.45) is 5.92 Å². The van der Waals surface area contributed by atoms with Gasteiger partial charge in [0.2, 0.25) is 17.8 Å². The molecule has 1 aromatic carbocycles. The molecule has 2 amide bonds. The van der Waals surface area contributed by atoms with E-state index in [2.05, 4.69) is 20.4 Å². The molecule has 37 heavy (non-hydrogen) atoms. The van der Waals surface area contributed by atoms with Crippen molar-refractivity contribution in [2.75, 3.05) is 23.9 Å². The summed E-state index contributed by atoms with van der Waals surface area (Å²) in [4.78, 5) is 47.2. The highest BCUT2D eigenvalue weighted by atomic mass is 16.5. The van der Waals surface area contributed by atoms with Gasteiger partial charge >= 0.3 is 0 Å². The third kappa shape index (κ3) is 4.88. The summed E-state index contributed by atoms with van der Waals surface area (Å²) in [6, 6.07) is 13.7. The zero-order chi connectivity index (χ0) is 26.1. The molecule has 4 heterocycles. The number of nitrogens with one attached hydrogen (secondary N) is 2. The summed E-state index contributed by atoms with van der Waals surface area (Å²) in [5.74, 6) is 0.448. The monoisotopic (exact) mass is 502 g/mol. The summed E-state index contributed by atoms with van der Waals surface area (Å²) in [6.45, 7) is 4.07. The van der Waals surface area contributed by atoms with E-state index in [1.54, 1.807) is 54.5 Å². The fourth-order valence-corrected chi connectivity index (χ4v) is 4.17. The van der Waals surface area contributed by atoms with Crippen LogP contribution in [0.3, 0.4) is 0 Å². The minimum Gasteiger partial charge on any atom is -0.497 e. The first-order chi connectivity index (χ1) is 17.8. The van der Waals surface area contributed by atoms with Crippen LogP contribution in [0.1, 0.15) is 31.9 Å². The molecule has 1 atom stereocenters. The zero-order valence-corrected chi connectivity index (χ0v) is 20.6. The number of amides is 2. The first kappa shape index (κ1) is 24.0. The van der Waals surface area contributed by atoms with Crippen molar-refractivity contribution in [3.63, 3.8) is 0 Å². The van der Waals surface area contributed by atoms with E-state index < -0.39 is 5.92 Å². The van der Waals surface area contributed by atoms with Crippen LogP contribution in [-0.2, 0) is 9.59 Å². The molecule has 190 valence electrons. The van der Waals surface area contributed by atoms with E-state index >= 15 is 0 Å². The molecule has 2 N–H and O–H groups in total. The molecule has 4 aromatic rings. The lowest BCUT2D eigenvalue weighted by atomic mass is 10.1. The van der Waals surface area contributed by atoms with Gasteiger partial charge in [0, 0.05) is 36.9 Å². The number of hydrogen-bond acceptors (Lipinski definition) is 7. The quantitative estimate of drug-likeness (QED) is 0.396. The smallest absolute Gasteiger partial charge is 0.252 e. The van der Waals surface area contributed by atoms with Crippen LogP contribution in [0, 0.1) is 5.92 Å². The number of aromatic amines is 1. The molecule has 0 bridgehead atoms. The van der Waals surface area contributed by atoms with Gasteiger partial charge < -0.3 is 19.4 Å². The van der Waals surface area contributed by atoms with E-state index in [0.29, 0.717) is 28.6 Å². The molecule has 0 radical (unpaired) electrons. The highest BCUT2D eigenvalue weighted by Crippen LogP contribution is 2.30. The maximum Gasteiger partial charge on any atom is 0.252 e. The number of aromatic nitrogens is 4. The van der Waals surface area contributed by atoms with E-state index in [4.69, 9.17) is 9.15 Å². The van der Waals surface area contributed by atoms with E-state index in [1.807, 2.05) is 13.8 Å². The minimum absolute atomic E-state index is 0.00583. The molecule has 0 spiro atoms. The zero-order valence-electron chi connectivity index (χ0n) is 20.6. The van der Waals surface area contributed by atoms with Gasteiger partial charge in [-0.25, -0.2) is 4.98 Å². The average Bonchev–Trinajstić information content (AvgIpc) is 3.63. The van der Waals surface area contributed by atoms with Crippen LogP contribution in [0.5, 0.6) is 5.75 Å². The van der Waals surface area contributed by atoms with Gasteiger partial charge in [0.05, 0.1) is 25.0 Å². The van der Waals surface area contributed by atoms with Crippen LogP contribution >= 0.6 is 0 Å². The second-order valence-corrected chi connectivity index (χ2v) is 9.05. The average molecular weight is 503 g/mol. The molecule has 11 heteroatoms. The minimum atomic E-state index is -0.594. The van der Waals surface area contributed by atoms with Gasteiger partial charge in [-0.2, -0.15) is 9.78 Å². The predicted octanol–water partition coefficient (Wildman–Crippen LogP) is 3.34. The van der Waals surface area contributed by atoms with Crippen molar-refractivity contribution in [3.8, 4) is 23.2 Å². The third-order valence-corrected chi connectivity index (χ3v) is 6.14. The lowest BCUT2D eigenvalue weighted by Gasteiger charge is -2.17. The number of nitrogens with zero attached hydrogens (tertiary/aromatic N) is 4. The molecule has 0 saturated carbocycles. The maximum absolute atomic E-state index is 13.3. The summed E-state index contributed by atoms with van der Waals surface area (Å²) in [5, 5.41) is 7.40. The SMILES string of the molecule is COc1cccc(N2CC(C(=O)Nc3cc(-c4ccco4)nn3-c3nc(C(C)C)cc(=O)[nH]3)CC2=O)c1. The van der Waals surface area contributed by atoms with Gasteiger partial charge in [-0.05, 0) is 30.2 Å². The van der Waals surface area contributed by atoms with Crippen molar-refractivity contribution in [3.05, 3.63) is 70.8 Å². The Hall–Kier alpha value is -4.67. The van der Waals surface area contributed by atoms with E-state index in [-0.39, 0.29) is 48.0 Å². The van der Waals surface area contributed by atoms with Crippen molar-refractivity contribution in [2.45, 2.75) is 26.2 Å². The van der Waals surface area contributed by atoms with Gasteiger partial charge in [-0.15, -0.1) is 0 Å². The molecular weight excluding hydrogens is 476 g/mol. The summed E-state index contributed by atoms with van der Waals surface area (Å²) < 4.78 is 12.1. The van der Waals surface area contributed by atoms with Gasteiger partial charge in [0.1, 0.15) is 17.3 Å². The molecular formula is C26H26N6O5. The van der Waals surface area contributed by atoms with Gasteiger partial charge in [0.25, 0.3) is 5.56 Å². The Morgan fingerprint density at radius 3 is 2.76 bits per heavy atom. The summed E-state index contributed by atoms with van der Waals surface area (Å²) >= 11 is 0. The van der Waals surface area contributed by atoms with Crippen LogP contribution in [0.4, 0.5) is 11.5 Å². The Balaban J connectivity index is 1.44. The van der Waals surface area contributed by atoms with E-state index in [0.717, 1.165) is 0 Å². The number of benzene rings is 1. The number of hydrogen-bond donors (Lipinski definition) is 2. The van der Waals surface area contributed by atoms with Crippen LogP contribution in [0.25, 0.3) is 17.4 Å². The van der Waals surface area contributed by atoms with Crippen molar-refractivity contribution in [1.29, 1.82) is 0 Å². The molecule has 1 aliphatic heterocycles. The van der Waals surface area contributed by atoms with E-state index in [9.17, 15) is 14.4 Å². The van der Waals surface area contributed by atoms with Crippen molar-refractivity contribution >= 4 is 23.3 Å². The van der Waals surface area contributed by atoms with E-state index in [1.165, 1.54) is 17.0 Å². The van der Waals surface area contributed by atoms with Gasteiger partial charge in [-0.1, -0.05) is 19.9 Å². The van der Waals surface area contributed by atoms with Crippen LogP contribution in [-0.4, -0.2) is 45.2 Å². The number of methoxy groups -OCH3 is 1. The largest absolute Gasteiger partial charge is 0.497 e. The Bertz CT molecular complexity index is 1500. The molecule has 5 rings (SSSR count). The molecule has 1 fully saturated rings. The molecule has 1 aliphatic rings. The highest BCUT2D eigenvalue weighted by molar-refractivity contribution is 6.03. The maximum atomic E-state index is 13.3. The number of H-pyrrole nitrogens is 1. The molecule has 1 unspecified atom stereocenters. The number of furan rings is 1. The normalized spacial score (nSPS) is 15.4.